The second kappa shape index (κ2) is 4.11. The predicted molar refractivity (Wildman–Crippen MR) is 67.6 cm³/mol. The summed E-state index contributed by atoms with van der Waals surface area (Å²) in [7, 11) is 1.59. The fraction of sp³-hybridized carbons (Fsp3) is 0.417. The SMILES string of the molecule is COc1nc(C(C)(C)C)nc2cnc(Cl)cc12. The minimum absolute atomic E-state index is 0.138. The average Bonchev–Trinajstić information content (AvgIpc) is 2.26. The molecule has 2 rings (SSSR count). The molecule has 0 fully saturated rings. The third kappa shape index (κ3) is 2.31. The van der Waals surface area contributed by atoms with Gasteiger partial charge in [-0.2, -0.15) is 4.98 Å². The Morgan fingerprint density at radius 3 is 2.53 bits per heavy atom. The monoisotopic (exact) mass is 251 g/mol. The standard InChI is InChI=1S/C12H14ClN3O/c1-12(2,3)11-15-8-6-14-9(13)5-7(8)10(16-11)17-4/h5-6H,1-4H3. The van der Waals surface area contributed by atoms with E-state index in [0.29, 0.717) is 11.0 Å². The lowest BCUT2D eigenvalue weighted by molar-refractivity contribution is 0.395. The van der Waals surface area contributed by atoms with Crippen molar-refractivity contribution in [2.45, 2.75) is 26.2 Å². The largest absolute Gasteiger partial charge is 0.480 e. The highest BCUT2D eigenvalue weighted by molar-refractivity contribution is 6.30. The highest BCUT2D eigenvalue weighted by atomic mass is 35.5. The molecule has 0 N–H and O–H groups in total. The van der Waals surface area contributed by atoms with Gasteiger partial charge in [-0.1, -0.05) is 32.4 Å². The first kappa shape index (κ1) is 12.0. The van der Waals surface area contributed by atoms with Crippen LogP contribution in [0.1, 0.15) is 26.6 Å². The normalized spacial score (nSPS) is 11.8. The molecular weight excluding hydrogens is 238 g/mol. The van der Waals surface area contributed by atoms with E-state index in [4.69, 9.17) is 16.3 Å². The van der Waals surface area contributed by atoms with E-state index >= 15 is 0 Å². The van der Waals surface area contributed by atoms with Gasteiger partial charge < -0.3 is 4.74 Å². The number of nitrogens with zero attached hydrogens (tertiary/aromatic N) is 3. The van der Waals surface area contributed by atoms with Gasteiger partial charge in [0.25, 0.3) is 0 Å². The molecule has 2 heterocycles. The van der Waals surface area contributed by atoms with Crippen LogP contribution >= 0.6 is 11.6 Å². The van der Waals surface area contributed by atoms with Crippen molar-refractivity contribution in [3.63, 3.8) is 0 Å². The van der Waals surface area contributed by atoms with Gasteiger partial charge in [-0.15, -0.1) is 0 Å². The first-order valence-electron chi connectivity index (χ1n) is 5.29. The molecule has 17 heavy (non-hydrogen) atoms. The van der Waals surface area contributed by atoms with Crippen molar-refractivity contribution < 1.29 is 4.74 Å². The van der Waals surface area contributed by atoms with Crippen LogP contribution in [-0.2, 0) is 5.41 Å². The number of pyridine rings is 1. The molecule has 0 amide bonds. The fourth-order valence-electron chi connectivity index (χ4n) is 1.47. The van der Waals surface area contributed by atoms with E-state index in [1.165, 1.54) is 0 Å². The summed E-state index contributed by atoms with van der Waals surface area (Å²) >= 11 is 5.86. The van der Waals surface area contributed by atoms with Crippen molar-refractivity contribution in [3.8, 4) is 5.88 Å². The minimum Gasteiger partial charge on any atom is -0.480 e. The summed E-state index contributed by atoms with van der Waals surface area (Å²) in [6.45, 7) is 6.16. The maximum atomic E-state index is 5.86. The van der Waals surface area contributed by atoms with Crippen LogP contribution in [0.5, 0.6) is 5.88 Å². The number of hydrogen-bond donors (Lipinski definition) is 0. The van der Waals surface area contributed by atoms with Crippen molar-refractivity contribution in [2.75, 3.05) is 7.11 Å². The molecule has 2 aromatic heterocycles. The molecule has 0 radical (unpaired) electrons. The van der Waals surface area contributed by atoms with Crippen LogP contribution in [0.15, 0.2) is 12.3 Å². The Labute approximate surface area is 105 Å². The number of fused-ring (bicyclic) bond motifs is 1. The minimum atomic E-state index is -0.138. The van der Waals surface area contributed by atoms with Gasteiger partial charge in [0.05, 0.1) is 24.2 Å². The van der Waals surface area contributed by atoms with Crippen molar-refractivity contribution >= 4 is 22.5 Å². The van der Waals surface area contributed by atoms with Gasteiger partial charge in [0.2, 0.25) is 5.88 Å². The van der Waals surface area contributed by atoms with Gasteiger partial charge in [0.15, 0.2) is 0 Å². The molecule has 0 saturated carbocycles. The van der Waals surface area contributed by atoms with Crippen LogP contribution in [-0.4, -0.2) is 22.1 Å². The molecule has 0 aromatic carbocycles. The lowest BCUT2D eigenvalue weighted by Crippen LogP contribution is -2.16. The van der Waals surface area contributed by atoms with E-state index in [0.717, 1.165) is 16.7 Å². The molecule has 0 aliphatic rings. The summed E-state index contributed by atoms with van der Waals surface area (Å²) < 4.78 is 5.28. The summed E-state index contributed by atoms with van der Waals surface area (Å²) in [5.74, 6) is 1.26. The predicted octanol–water partition coefficient (Wildman–Crippen LogP) is 2.98. The summed E-state index contributed by atoms with van der Waals surface area (Å²) in [5.41, 5.74) is 0.604. The van der Waals surface area contributed by atoms with Gasteiger partial charge in [-0.25, -0.2) is 9.97 Å². The molecule has 0 spiro atoms. The van der Waals surface area contributed by atoms with E-state index in [9.17, 15) is 0 Å². The number of halogens is 1. The van der Waals surface area contributed by atoms with Crippen LogP contribution < -0.4 is 4.74 Å². The zero-order valence-electron chi connectivity index (χ0n) is 10.3. The molecule has 0 unspecified atom stereocenters. The number of ether oxygens (including phenoxy) is 1. The van der Waals surface area contributed by atoms with Crippen LogP contribution in [0, 0.1) is 0 Å². The molecule has 0 saturated heterocycles. The van der Waals surface area contributed by atoms with Crippen LogP contribution in [0.25, 0.3) is 10.9 Å². The zero-order valence-corrected chi connectivity index (χ0v) is 11.0. The Balaban J connectivity index is 2.75. The Kier molecular flexibility index (Phi) is 2.91. The first-order chi connectivity index (χ1) is 7.91. The molecule has 0 bridgehead atoms. The molecule has 2 aromatic rings. The quantitative estimate of drug-likeness (QED) is 0.731. The zero-order chi connectivity index (χ0) is 12.6. The number of methoxy groups -OCH3 is 1. The van der Waals surface area contributed by atoms with Crippen LogP contribution in [0.4, 0.5) is 0 Å². The molecule has 0 atom stereocenters. The van der Waals surface area contributed by atoms with Gasteiger partial charge in [-0.3, -0.25) is 0 Å². The van der Waals surface area contributed by atoms with Gasteiger partial charge in [-0.05, 0) is 6.07 Å². The molecular formula is C12H14ClN3O. The second-order valence-corrected chi connectivity index (χ2v) is 5.22. The van der Waals surface area contributed by atoms with E-state index in [2.05, 4.69) is 35.7 Å². The summed E-state index contributed by atoms with van der Waals surface area (Å²) in [4.78, 5) is 12.9. The molecule has 5 heteroatoms. The lowest BCUT2D eigenvalue weighted by Gasteiger charge is -2.17. The molecule has 0 aliphatic carbocycles. The third-order valence-corrected chi connectivity index (χ3v) is 2.58. The summed E-state index contributed by atoms with van der Waals surface area (Å²) in [6, 6.07) is 1.71. The van der Waals surface area contributed by atoms with Crippen LogP contribution in [0.3, 0.4) is 0 Å². The van der Waals surface area contributed by atoms with Crippen LogP contribution in [0.2, 0.25) is 5.15 Å². The topological polar surface area (TPSA) is 47.9 Å². The Hall–Kier alpha value is -1.42. The molecule has 0 aliphatic heterocycles. The van der Waals surface area contributed by atoms with E-state index in [1.807, 2.05) is 0 Å². The highest BCUT2D eigenvalue weighted by Gasteiger charge is 2.20. The molecule has 4 nitrogen and oxygen atoms in total. The third-order valence-electron chi connectivity index (χ3n) is 2.38. The van der Waals surface area contributed by atoms with E-state index in [1.54, 1.807) is 19.4 Å². The Morgan fingerprint density at radius 2 is 1.94 bits per heavy atom. The van der Waals surface area contributed by atoms with Crippen molar-refractivity contribution in [1.29, 1.82) is 0 Å². The van der Waals surface area contributed by atoms with Gasteiger partial charge in [0, 0.05) is 5.41 Å². The lowest BCUT2D eigenvalue weighted by atomic mass is 9.95. The van der Waals surface area contributed by atoms with Gasteiger partial charge in [0.1, 0.15) is 11.0 Å². The van der Waals surface area contributed by atoms with Crippen molar-refractivity contribution in [2.24, 2.45) is 0 Å². The summed E-state index contributed by atoms with van der Waals surface area (Å²) in [6.07, 6.45) is 1.64. The maximum absolute atomic E-state index is 5.86. The second-order valence-electron chi connectivity index (χ2n) is 4.83. The Morgan fingerprint density at radius 1 is 1.24 bits per heavy atom. The van der Waals surface area contributed by atoms with Crippen molar-refractivity contribution in [3.05, 3.63) is 23.2 Å². The number of hydrogen-bond acceptors (Lipinski definition) is 4. The van der Waals surface area contributed by atoms with E-state index in [-0.39, 0.29) is 5.41 Å². The average molecular weight is 252 g/mol. The molecule has 90 valence electrons. The fourth-order valence-corrected chi connectivity index (χ4v) is 1.63. The maximum Gasteiger partial charge on any atom is 0.224 e. The smallest absolute Gasteiger partial charge is 0.224 e. The number of aromatic nitrogens is 3. The number of rotatable bonds is 1. The highest BCUT2D eigenvalue weighted by Crippen LogP contribution is 2.28. The van der Waals surface area contributed by atoms with Crippen molar-refractivity contribution in [1.82, 2.24) is 15.0 Å². The Bertz CT molecular complexity index is 563. The van der Waals surface area contributed by atoms with E-state index < -0.39 is 0 Å². The van der Waals surface area contributed by atoms with Gasteiger partial charge >= 0.3 is 0 Å². The first-order valence-corrected chi connectivity index (χ1v) is 5.67. The summed E-state index contributed by atoms with van der Waals surface area (Å²) in [5, 5.41) is 1.18.